The smallest absolute Gasteiger partial charge is 0.0457 e. The van der Waals surface area contributed by atoms with E-state index in [4.69, 9.17) is 0 Å². The maximum Gasteiger partial charge on any atom is 0.0457 e. The van der Waals surface area contributed by atoms with E-state index in [9.17, 15) is 0 Å². The first-order chi connectivity index (χ1) is 9.83. The Balaban J connectivity index is 1.47. The molecule has 0 aliphatic carbocycles. The van der Waals surface area contributed by atoms with E-state index in [1.54, 1.807) is 0 Å². The monoisotopic (exact) mass is 271 g/mol. The molecule has 1 aromatic carbocycles. The highest BCUT2D eigenvalue weighted by molar-refractivity contribution is 5.82. The Morgan fingerprint density at radius 1 is 1.25 bits per heavy atom. The second kappa shape index (κ2) is 6.42. The lowest BCUT2D eigenvalue weighted by molar-refractivity contribution is 0.282. The predicted octanol–water partition coefficient (Wildman–Crippen LogP) is 2.99. The molecule has 0 amide bonds. The van der Waals surface area contributed by atoms with Crippen LogP contribution in [-0.2, 0) is 6.54 Å². The Bertz CT molecular complexity index is 540. The van der Waals surface area contributed by atoms with E-state index in [-0.39, 0.29) is 0 Å². The quantitative estimate of drug-likeness (QED) is 0.846. The van der Waals surface area contributed by atoms with Gasteiger partial charge >= 0.3 is 0 Å². The molecule has 1 fully saturated rings. The van der Waals surface area contributed by atoms with Crippen molar-refractivity contribution in [2.45, 2.75) is 26.3 Å². The lowest BCUT2D eigenvalue weighted by Gasteiger charge is -2.20. The number of para-hydroxylation sites is 1. The van der Waals surface area contributed by atoms with Gasteiger partial charge in [0, 0.05) is 30.2 Å². The van der Waals surface area contributed by atoms with E-state index in [0.29, 0.717) is 0 Å². The number of likely N-dealkylation sites (tertiary alicyclic amines) is 1. The number of hydrogen-bond donors (Lipinski definition) is 2. The Morgan fingerprint density at radius 2 is 2.05 bits per heavy atom. The van der Waals surface area contributed by atoms with Gasteiger partial charge in [0.15, 0.2) is 0 Å². The molecule has 20 heavy (non-hydrogen) atoms. The molecule has 0 bridgehead atoms. The molecule has 1 aromatic heterocycles. The van der Waals surface area contributed by atoms with Crippen LogP contribution in [0.4, 0.5) is 0 Å². The summed E-state index contributed by atoms with van der Waals surface area (Å²) in [4.78, 5) is 5.93. The number of aromatic amines is 1. The number of fused-ring (bicyclic) bond motifs is 1. The molecule has 2 heterocycles. The zero-order valence-corrected chi connectivity index (χ0v) is 12.4. The minimum absolute atomic E-state index is 0.721. The van der Waals surface area contributed by atoms with Gasteiger partial charge in [0.25, 0.3) is 0 Å². The van der Waals surface area contributed by atoms with Crippen molar-refractivity contribution >= 4 is 10.9 Å². The van der Waals surface area contributed by atoms with Crippen molar-refractivity contribution in [2.75, 3.05) is 26.2 Å². The third-order valence-corrected chi connectivity index (χ3v) is 4.25. The van der Waals surface area contributed by atoms with Crippen LogP contribution in [0.2, 0.25) is 0 Å². The van der Waals surface area contributed by atoms with E-state index < -0.39 is 0 Å². The molecule has 1 aliphatic rings. The van der Waals surface area contributed by atoms with Gasteiger partial charge in [0.05, 0.1) is 0 Å². The third kappa shape index (κ3) is 3.22. The van der Waals surface area contributed by atoms with Crippen molar-refractivity contribution in [2.24, 2.45) is 5.92 Å². The first-order valence-corrected chi connectivity index (χ1v) is 7.81. The average molecular weight is 271 g/mol. The molecule has 3 nitrogen and oxygen atoms in total. The molecule has 1 atom stereocenters. The molecular formula is C17H25N3. The SMILES string of the molecule is CC(CNCc1c[nH]c2ccccc12)CN1CCCC1. The zero-order valence-electron chi connectivity index (χ0n) is 12.4. The molecule has 3 rings (SSSR count). The topological polar surface area (TPSA) is 31.1 Å². The van der Waals surface area contributed by atoms with Gasteiger partial charge in [-0.05, 0) is 50.0 Å². The number of nitrogens with one attached hydrogen (secondary N) is 2. The Hall–Kier alpha value is -1.32. The number of aromatic nitrogens is 1. The summed E-state index contributed by atoms with van der Waals surface area (Å²) in [7, 11) is 0. The highest BCUT2D eigenvalue weighted by Gasteiger charge is 2.14. The summed E-state index contributed by atoms with van der Waals surface area (Å²) in [5.41, 5.74) is 2.60. The molecule has 0 spiro atoms. The van der Waals surface area contributed by atoms with Gasteiger partial charge in [-0.25, -0.2) is 0 Å². The van der Waals surface area contributed by atoms with Crippen LogP contribution < -0.4 is 5.32 Å². The number of benzene rings is 1. The summed E-state index contributed by atoms with van der Waals surface area (Å²) in [5.74, 6) is 0.721. The van der Waals surface area contributed by atoms with Crippen molar-refractivity contribution in [3.05, 3.63) is 36.0 Å². The Kier molecular flexibility index (Phi) is 4.38. The van der Waals surface area contributed by atoms with Gasteiger partial charge in [-0.2, -0.15) is 0 Å². The fourth-order valence-electron chi connectivity index (χ4n) is 3.20. The Morgan fingerprint density at radius 3 is 2.90 bits per heavy atom. The van der Waals surface area contributed by atoms with Gasteiger partial charge in [0.2, 0.25) is 0 Å². The van der Waals surface area contributed by atoms with Gasteiger partial charge in [-0.1, -0.05) is 25.1 Å². The molecule has 108 valence electrons. The van der Waals surface area contributed by atoms with E-state index in [2.05, 4.69) is 52.6 Å². The predicted molar refractivity (Wildman–Crippen MR) is 84.8 cm³/mol. The lowest BCUT2D eigenvalue weighted by atomic mass is 10.1. The molecule has 1 saturated heterocycles. The normalized spacial score (nSPS) is 17.9. The summed E-state index contributed by atoms with van der Waals surface area (Å²) in [6, 6.07) is 8.51. The fraction of sp³-hybridized carbons (Fsp3) is 0.529. The summed E-state index contributed by atoms with van der Waals surface area (Å²) in [6.07, 6.45) is 4.90. The summed E-state index contributed by atoms with van der Waals surface area (Å²) in [6.45, 7) is 8.23. The molecule has 0 radical (unpaired) electrons. The molecule has 3 heteroatoms. The van der Waals surface area contributed by atoms with Crippen LogP contribution in [0.3, 0.4) is 0 Å². The summed E-state index contributed by atoms with van der Waals surface area (Å²) < 4.78 is 0. The van der Waals surface area contributed by atoms with Crippen molar-refractivity contribution in [3.8, 4) is 0 Å². The van der Waals surface area contributed by atoms with E-state index in [1.165, 1.54) is 48.9 Å². The van der Waals surface area contributed by atoms with Crippen molar-refractivity contribution in [1.82, 2.24) is 15.2 Å². The van der Waals surface area contributed by atoms with Crippen molar-refractivity contribution in [3.63, 3.8) is 0 Å². The van der Waals surface area contributed by atoms with E-state index in [0.717, 1.165) is 19.0 Å². The Labute approximate surface area is 121 Å². The largest absolute Gasteiger partial charge is 0.361 e. The lowest BCUT2D eigenvalue weighted by Crippen LogP contribution is -2.31. The van der Waals surface area contributed by atoms with Crippen LogP contribution in [-0.4, -0.2) is 36.1 Å². The molecular weight excluding hydrogens is 246 g/mol. The van der Waals surface area contributed by atoms with E-state index in [1.807, 2.05) is 0 Å². The second-order valence-corrected chi connectivity index (χ2v) is 6.10. The van der Waals surface area contributed by atoms with Gasteiger partial charge in [-0.3, -0.25) is 0 Å². The highest BCUT2D eigenvalue weighted by atomic mass is 15.1. The number of rotatable bonds is 6. The van der Waals surface area contributed by atoms with Crippen molar-refractivity contribution < 1.29 is 0 Å². The number of hydrogen-bond acceptors (Lipinski definition) is 2. The summed E-state index contributed by atoms with van der Waals surface area (Å²) >= 11 is 0. The first kappa shape index (κ1) is 13.7. The van der Waals surface area contributed by atoms with Crippen LogP contribution in [0, 0.1) is 5.92 Å². The zero-order chi connectivity index (χ0) is 13.8. The van der Waals surface area contributed by atoms with Crippen LogP contribution in [0.5, 0.6) is 0 Å². The molecule has 2 aromatic rings. The molecule has 2 N–H and O–H groups in total. The average Bonchev–Trinajstić information content (AvgIpc) is 3.09. The minimum Gasteiger partial charge on any atom is -0.361 e. The maximum absolute atomic E-state index is 3.61. The van der Waals surface area contributed by atoms with Gasteiger partial charge in [0.1, 0.15) is 0 Å². The van der Waals surface area contributed by atoms with Crippen LogP contribution in [0.1, 0.15) is 25.3 Å². The minimum atomic E-state index is 0.721. The maximum atomic E-state index is 3.61. The summed E-state index contributed by atoms with van der Waals surface area (Å²) in [5, 5.41) is 4.95. The van der Waals surface area contributed by atoms with Gasteiger partial charge < -0.3 is 15.2 Å². The van der Waals surface area contributed by atoms with Crippen molar-refractivity contribution in [1.29, 1.82) is 0 Å². The number of H-pyrrole nitrogens is 1. The fourth-order valence-corrected chi connectivity index (χ4v) is 3.20. The van der Waals surface area contributed by atoms with Crippen LogP contribution in [0.25, 0.3) is 10.9 Å². The third-order valence-electron chi connectivity index (χ3n) is 4.25. The van der Waals surface area contributed by atoms with Crippen LogP contribution >= 0.6 is 0 Å². The first-order valence-electron chi connectivity index (χ1n) is 7.81. The van der Waals surface area contributed by atoms with Gasteiger partial charge in [-0.15, -0.1) is 0 Å². The molecule has 0 saturated carbocycles. The standard InChI is InChI=1S/C17H25N3/c1-14(13-20-8-4-5-9-20)10-18-11-15-12-19-17-7-3-2-6-16(15)17/h2-3,6-7,12,14,18-19H,4-5,8-11,13H2,1H3. The molecule has 1 aliphatic heterocycles. The highest BCUT2D eigenvalue weighted by Crippen LogP contribution is 2.17. The van der Waals surface area contributed by atoms with E-state index >= 15 is 0 Å². The second-order valence-electron chi connectivity index (χ2n) is 6.10. The van der Waals surface area contributed by atoms with Crippen LogP contribution in [0.15, 0.2) is 30.5 Å². The molecule has 1 unspecified atom stereocenters. The number of nitrogens with zero attached hydrogens (tertiary/aromatic N) is 1.